The van der Waals surface area contributed by atoms with E-state index in [-0.39, 0.29) is 23.4 Å². The molecule has 3 N–H and O–H groups in total. The second kappa shape index (κ2) is 5.99. The first kappa shape index (κ1) is 15.1. The topological polar surface area (TPSA) is 90.7 Å². The molecular weight excluding hydrogens is 280 g/mol. The number of ether oxygens (including phenoxy) is 2. The van der Waals surface area contributed by atoms with Crippen molar-refractivity contribution in [1.29, 1.82) is 0 Å². The highest BCUT2D eigenvalue weighted by atomic mass is 32.2. The summed E-state index contributed by atoms with van der Waals surface area (Å²) in [4.78, 5) is 0.151. The van der Waals surface area contributed by atoms with Crippen LogP contribution in [0.25, 0.3) is 0 Å². The summed E-state index contributed by atoms with van der Waals surface area (Å²) >= 11 is 0. The van der Waals surface area contributed by atoms with Crippen LogP contribution in [0.4, 0.5) is 0 Å². The molecule has 0 aromatic heterocycles. The van der Waals surface area contributed by atoms with Crippen LogP contribution in [0.15, 0.2) is 23.1 Å². The van der Waals surface area contributed by atoms with E-state index in [9.17, 15) is 8.42 Å². The van der Waals surface area contributed by atoms with Crippen LogP contribution >= 0.6 is 0 Å². The molecule has 1 unspecified atom stereocenters. The Morgan fingerprint density at radius 2 is 1.90 bits per heavy atom. The van der Waals surface area contributed by atoms with Crippen LogP contribution in [0.1, 0.15) is 13.8 Å². The predicted molar refractivity (Wildman–Crippen MR) is 75.4 cm³/mol. The van der Waals surface area contributed by atoms with E-state index in [1.165, 1.54) is 12.1 Å². The molecule has 1 aliphatic rings. The first-order valence-corrected chi connectivity index (χ1v) is 8.03. The van der Waals surface area contributed by atoms with Gasteiger partial charge in [0.05, 0.1) is 4.90 Å². The monoisotopic (exact) mass is 300 g/mol. The lowest BCUT2D eigenvalue weighted by Crippen LogP contribution is -2.40. The lowest BCUT2D eigenvalue weighted by Gasteiger charge is -2.19. The SMILES string of the molecule is CC(C)C(N)CNS(=O)(=O)c1ccc2c(c1)OCCO2. The van der Waals surface area contributed by atoms with Crippen molar-refractivity contribution in [3.8, 4) is 11.5 Å². The standard InChI is InChI=1S/C13H20N2O4S/c1-9(2)11(14)8-15-20(16,17)10-3-4-12-13(7-10)19-6-5-18-12/h3-4,7,9,11,15H,5-6,8,14H2,1-2H3. The van der Waals surface area contributed by atoms with Gasteiger partial charge in [-0.05, 0) is 18.1 Å². The summed E-state index contributed by atoms with van der Waals surface area (Å²) in [6.45, 7) is 4.99. The average Bonchev–Trinajstić information content (AvgIpc) is 2.44. The van der Waals surface area contributed by atoms with E-state index in [4.69, 9.17) is 15.2 Å². The Bertz CT molecular complexity index is 572. The van der Waals surface area contributed by atoms with Gasteiger partial charge in [-0.25, -0.2) is 13.1 Å². The molecule has 0 saturated carbocycles. The van der Waals surface area contributed by atoms with Crippen molar-refractivity contribution in [3.63, 3.8) is 0 Å². The van der Waals surface area contributed by atoms with Gasteiger partial charge in [0.1, 0.15) is 13.2 Å². The van der Waals surface area contributed by atoms with Crippen molar-refractivity contribution < 1.29 is 17.9 Å². The summed E-state index contributed by atoms with van der Waals surface area (Å²) < 4.78 is 37.6. The van der Waals surface area contributed by atoms with Crippen molar-refractivity contribution in [3.05, 3.63) is 18.2 Å². The highest BCUT2D eigenvalue weighted by molar-refractivity contribution is 7.89. The first-order valence-electron chi connectivity index (χ1n) is 6.55. The van der Waals surface area contributed by atoms with Crippen LogP contribution in [0.5, 0.6) is 11.5 Å². The van der Waals surface area contributed by atoms with E-state index in [2.05, 4.69) is 4.72 Å². The maximum atomic E-state index is 12.2. The van der Waals surface area contributed by atoms with Crippen molar-refractivity contribution in [2.45, 2.75) is 24.8 Å². The van der Waals surface area contributed by atoms with Crippen LogP contribution in [0.2, 0.25) is 0 Å². The van der Waals surface area contributed by atoms with E-state index in [0.717, 1.165) is 0 Å². The van der Waals surface area contributed by atoms with Crippen molar-refractivity contribution >= 4 is 10.0 Å². The molecule has 0 spiro atoms. The molecule has 2 rings (SSSR count). The number of benzene rings is 1. The molecule has 0 amide bonds. The highest BCUT2D eigenvalue weighted by Gasteiger charge is 2.20. The Kier molecular flexibility index (Phi) is 4.52. The molecule has 6 nitrogen and oxygen atoms in total. The summed E-state index contributed by atoms with van der Waals surface area (Å²) in [7, 11) is -3.59. The third-order valence-corrected chi connectivity index (χ3v) is 4.61. The number of sulfonamides is 1. The van der Waals surface area contributed by atoms with Gasteiger partial charge in [-0.3, -0.25) is 0 Å². The van der Waals surface area contributed by atoms with Crippen LogP contribution in [0.3, 0.4) is 0 Å². The van der Waals surface area contributed by atoms with E-state index in [0.29, 0.717) is 24.7 Å². The van der Waals surface area contributed by atoms with Gasteiger partial charge in [-0.2, -0.15) is 0 Å². The number of fused-ring (bicyclic) bond motifs is 1. The van der Waals surface area contributed by atoms with E-state index < -0.39 is 10.0 Å². The Hall–Kier alpha value is -1.31. The summed E-state index contributed by atoms with van der Waals surface area (Å²) in [5.41, 5.74) is 5.84. The van der Waals surface area contributed by atoms with Crippen LogP contribution in [0, 0.1) is 5.92 Å². The van der Waals surface area contributed by atoms with Crippen LogP contribution in [-0.4, -0.2) is 34.2 Å². The average molecular weight is 300 g/mol. The minimum Gasteiger partial charge on any atom is -0.486 e. The Labute approximate surface area is 119 Å². The third-order valence-electron chi connectivity index (χ3n) is 3.19. The molecule has 1 aromatic carbocycles. The smallest absolute Gasteiger partial charge is 0.240 e. The molecule has 20 heavy (non-hydrogen) atoms. The van der Waals surface area contributed by atoms with Gasteiger partial charge in [0, 0.05) is 18.7 Å². The van der Waals surface area contributed by atoms with Gasteiger partial charge in [0.15, 0.2) is 11.5 Å². The minimum absolute atomic E-state index is 0.151. The normalized spacial score (nSPS) is 16.2. The molecule has 0 aliphatic carbocycles. The molecule has 1 heterocycles. The summed E-state index contributed by atoms with van der Waals surface area (Å²) in [5.74, 6) is 1.22. The fourth-order valence-corrected chi connectivity index (χ4v) is 2.80. The maximum Gasteiger partial charge on any atom is 0.240 e. The zero-order chi connectivity index (χ0) is 14.8. The Morgan fingerprint density at radius 3 is 2.55 bits per heavy atom. The Morgan fingerprint density at radius 1 is 1.25 bits per heavy atom. The van der Waals surface area contributed by atoms with Gasteiger partial charge in [-0.1, -0.05) is 13.8 Å². The summed E-state index contributed by atoms with van der Waals surface area (Å²) in [6.07, 6.45) is 0. The Balaban J connectivity index is 2.13. The lowest BCUT2D eigenvalue weighted by molar-refractivity contribution is 0.171. The predicted octanol–water partition coefficient (Wildman–Crippen LogP) is 0.719. The second-order valence-corrected chi connectivity index (χ2v) is 6.83. The number of nitrogens with two attached hydrogens (primary N) is 1. The fourth-order valence-electron chi connectivity index (χ4n) is 1.72. The van der Waals surface area contributed by atoms with Crippen molar-refractivity contribution in [1.82, 2.24) is 4.72 Å². The molecule has 0 radical (unpaired) electrons. The van der Waals surface area contributed by atoms with E-state index in [1.54, 1.807) is 6.07 Å². The van der Waals surface area contributed by atoms with Crippen LogP contribution in [-0.2, 0) is 10.0 Å². The summed E-state index contributed by atoms with van der Waals surface area (Å²) in [6, 6.07) is 4.35. The highest BCUT2D eigenvalue weighted by Crippen LogP contribution is 2.32. The fraction of sp³-hybridized carbons (Fsp3) is 0.538. The van der Waals surface area contributed by atoms with E-state index >= 15 is 0 Å². The number of rotatable bonds is 5. The van der Waals surface area contributed by atoms with Crippen molar-refractivity contribution in [2.24, 2.45) is 11.7 Å². The van der Waals surface area contributed by atoms with Crippen LogP contribution < -0.4 is 19.9 Å². The molecule has 0 saturated heterocycles. The zero-order valence-corrected chi connectivity index (χ0v) is 12.4. The minimum atomic E-state index is -3.59. The third kappa shape index (κ3) is 3.41. The molecule has 112 valence electrons. The maximum absolute atomic E-state index is 12.2. The van der Waals surface area contributed by atoms with Gasteiger partial charge >= 0.3 is 0 Å². The largest absolute Gasteiger partial charge is 0.486 e. The quantitative estimate of drug-likeness (QED) is 0.836. The van der Waals surface area contributed by atoms with Crippen molar-refractivity contribution in [2.75, 3.05) is 19.8 Å². The zero-order valence-electron chi connectivity index (χ0n) is 11.6. The van der Waals surface area contributed by atoms with E-state index in [1.807, 2.05) is 13.8 Å². The van der Waals surface area contributed by atoms with Gasteiger partial charge in [0.2, 0.25) is 10.0 Å². The molecule has 0 bridgehead atoms. The molecule has 1 aliphatic heterocycles. The first-order chi connectivity index (χ1) is 9.40. The van der Waals surface area contributed by atoms with Gasteiger partial charge < -0.3 is 15.2 Å². The number of nitrogens with one attached hydrogen (secondary N) is 1. The van der Waals surface area contributed by atoms with Gasteiger partial charge in [-0.15, -0.1) is 0 Å². The molecule has 7 heteroatoms. The van der Waals surface area contributed by atoms with Gasteiger partial charge in [0.25, 0.3) is 0 Å². The molecule has 0 fully saturated rings. The number of hydrogen-bond acceptors (Lipinski definition) is 5. The molecular formula is C13H20N2O4S. The second-order valence-electron chi connectivity index (χ2n) is 5.07. The molecule has 1 aromatic rings. The number of hydrogen-bond donors (Lipinski definition) is 2. The lowest BCUT2D eigenvalue weighted by atomic mass is 10.1. The molecule has 1 atom stereocenters. The summed E-state index contributed by atoms with van der Waals surface area (Å²) in [5, 5.41) is 0.